The van der Waals surface area contributed by atoms with E-state index in [1.807, 2.05) is 6.92 Å². The van der Waals surface area contributed by atoms with Gasteiger partial charge in [-0.3, -0.25) is 0 Å². The highest BCUT2D eigenvalue weighted by Crippen LogP contribution is 2.21. The first-order valence-electron chi connectivity index (χ1n) is 4.26. The van der Waals surface area contributed by atoms with Gasteiger partial charge in [-0.05, 0) is 6.92 Å². The van der Waals surface area contributed by atoms with Gasteiger partial charge in [0, 0.05) is 14.2 Å². The molecule has 5 heteroatoms. The first kappa shape index (κ1) is 10.9. The summed E-state index contributed by atoms with van der Waals surface area (Å²) >= 11 is 0. The van der Waals surface area contributed by atoms with Crippen LogP contribution in [0.25, 0.3) is 0 Å². The number of hydrogen-bond acceptors (Lipinski definition) is 5. The lowest BCUT2D eigenvalue weighted by molar-refractivity contribution is -0.257. The summed E-state index contributed by atoms with van der Waals surface area (Å²) in [6.07, 6.45) is -1.96. The molecule has 5 atom stereocenters. The van der Waals surface area contributed by atoms with Gasteiger partial charge in [-0.2, -0.15) is 0 Å². The summed E-state index contributed by atoms with van der Waals surface area (Å²) in [6.45, 7) is 1.81. The summed E-state index contributed by atoms with van der Waals surface area (Å²) in [6, 6.07) is -0.367. The molecule has 0 aliphatic carbocycles. The van der Waals surface area contributed by atoms with Crippen molar-refractivity contribution in [2.75, 3.05) is 14.2 Å². The maximum absolute atomic E-state index is 9.44. The molecule has 1 fully saturated rings. The van der Waals surface area contributed by atoms with Gasteiger partial charge in [-0.25, -0.2) is 0 Å². The van der Waals surface area contributed by atoms with Crippen molar-refractivity contribution in [3.05, 3.63) is 0 Å². The fourth-order valence-corrected chi connectivity index (χ4v) is 1.69. The van der Waals surface area contributed by atoms with Crippen LogP contribution in [0, 0.1) is 0 Å². The minimum absolute atomic E-state index is 0.221. The molecule has 1 heterocycles. The minimum Gasteiger partial charge on any atom is -0.377 e. The summed E-state index contributed by atoms with van der Waals surface area (Å²) in [5.74, 6) is 0. The lowest BCUT2D eigenvalue weighted by Crippen LogP contribution is -2.61. The Hall–Kier alpha value is -0.200. The molecule has 0 spiro atoms. The van der Waals surface area contributed by atoms with Gasteiger partial charge in [0.1, 0.15) is 12.2 Å². The Morgan fingerprint density at radius 2 is 1.77 bits per heavy atom. The van der Waals surface area contributed by atoms with E-state index in [1.165, 1.54) is 7.11 Å². The predicted octanol–water partition coefficient (Wildman–Crippen LogP) is -0.919. The molecule has 0 aromatic rings. The van der Waals surface area contributed by atoms with E-state index in [1.54, 1.807) is 7.11 Å². The van der Waals surface area contributed by atoms with Gasteiger partial charge < -0.3 is 25.1 Å². The Morgan fingerprint density at radius 1 is 1.23 bits per heavy atom. The van der Waals surface area contributed by atoms with Crippen LogP contribution in [0.15, 0.2) is 0 Å². The molecule has 1 saturated heterocycles. The molecular formula is C8H17NO4. The van der Waals surface area contributed by atoms with E-state index in [0.29, 0.717) is 0 Å². The SMILES string of the molecule is COC1C(C)OC(O)C(OC)C1N. The van der Waals surface area contributed by atoms with Crippen LogP contribution in [0.3, 0.4) is 0 Å². The highest BCUT2D eigenvalue weighted by molar-refractivity contribution is 4.91. The van der Waals surface area contributed by atoms with Crippen molar-refractivity contribution in [3.63, 3.8) is 0 Å². The van der Waals surface area contributed by atoms with Crippen LogP contribution in [-0.2, 0) is 14.2 Å². The lowest BCUT2D eigenvalue weighted by atomic mass is 9.98. The number of ether oxygens (including phenoxy) is 3. The topological polar surface area (TPSA) is 73.9 Å². The first-order valence-corrected chi connectivity index (χ1v) is 4.26. The van der Waals surface area contributed by atoms with Crippen molar-refractivity contribution in [1.29, 1.82) is 0 Å². The van der Waals surface area contributed by atoms with E-state index in [-0.39, 0.29) is 18.2 Å². The van der Waals surface area contributed by atoms with Crippen LogP contribution in [0.2, 0.25) is 0 Å². The normalized spacial score (nSPS) is 46.4. The molecule has 13 heavy (non-hydrogen) atoms. The third kappa shape index (κ3) is 2.00. The lowest BCUT2D eigenvalue weighted by Gasteiger charge is -2.40. The van der Waals surface area contributed by atoms with Crippen LogP contribution >= 0.6 is 0 Å². The van der Waals surface area contributed by atoms with E-state index in [2.05, 4.69) is 0 Å². The Kier molecular flexibility index (Phi) is 3.63. The summed E-state index contributed by atoms with van der Waals surface area (Å²) < 4.78 is 15.4. The zero-order valence-corrected chi connectivity index (χ0v) is 8.14. The molecule has 3 N–H and O–H groups in total. The Labute approximate surface area is 77.8 Å². The van der Waals surface area contributed by atoms with Gasteiger partial charge in [0.15, 0.2) is 6.29 Å². The maximum atomic E-state index is 9.44. The molecule has 5 unspecified atom stereocenters. The molecule has 0 amide bonds. The standard InChI is InChI=1S/C8H17NO4/c1-4-6(11-2)5(9)7(12-3)8(10)13-4/h4-8,10H,9H2,1-3H3. The number of rotatable bonds is 2. The van der Waals surface area contributed by atoms with E-state index in [0.717, 1.165) is 0 Å². The number of methoxy groups -OCH3 is 2. The molecular weight excluding hydrogens is 174 g/mol. The van der Waals surface area contributed by atoms with Gasteiger partial charge in [0.05, 0.1) is 12.1 Å². The Balaban J connectivity index is 2.69. The van der Waals surface area contributed by atoms with E-state index < -0.39 is 12.4 Å². The highest BCUT2D eigenvalue weighted by Gasteiger charge is 2.42. The van der Waals surface area contributed by atoms with Crippen LogP contribution in [0.4, 0.5) is 0 Å². The van der Waals surface area contributed by atoms with Crippen molar-refractivity contribution in [2.24, 2.45) is 5.73 Å². The molecule has 1 rings (SSSR count). The van der Waals surface area contributed by atoms with Crippen LogP contribution < -0.4 is 5.73 Å². The number of aliphatic hydroxyl groups excluding tert-OH is 1. The van der Waals surface area contributed by atoms with Crippen LogP contribution in [0.5, 0.6) is 0 Å². The van der Waals surface area contributed by atoms with Crippen LogP contribution in [0.1, 0.15) is 6.92 Å². The summed E-state index contributed by atoms with van der Waals surface area (Å²) in [5, 5.41) is 9.44. The Morgan fingerprint density at radius 3 is 2.23 bits per heavy atom. The smallest absolute Gasteiger partial charge is 0.183 e. The zero-order chi connectivity index (χ0) is 10.0. The Bertz CT molecular complexity index is 150. The van der Waals surface area contributed by atoms with E-state index in [9.17, 15) is 5.11 Å². The quantitative estimate of drug-likeness (QED) is 0.590. The number of nitrogens with two attached hydrogens (primary N) is 1. The first-order chi connectivity index (χ1) is 6.11. The second-order valence-corrected chi connectivity index (χ2v) is 3.21. The molecule has 1 aliphatic heterocycles. The monoisotopic (exact) mass is 191 g/mol. The molecule has 0 radical (unpaired) electrons. The van der Waals surface area contributed by atoms with Gasteiger partial charge >= 0.3 is 0 Å². The van der Waals surface area contributed by atoms with Crippen molar-refractivity contribution in [1.82, 2.24) is 0 Å². The van der Waals surface area contributed by atoms with Crippen molar-refractivity contribution in [3.8, 4) is 0 Å². The molecule has 5 nitrogen and oxygen atoms in total. The van der Waals surface area contributed by atoms with Gasteiger partial charge in [0.2, 0.25) is 0 Å². The molecule has 0 bridgehead atoms. The number of aliphatic hydroxyl groups is 1. The molecule has 78 valence electrons. The van der Waals surface area contributed by atoms with Crippen molar-refractivity contribution >= 4 is 0 Å². The fraction of sp³-hybridized carbons (Fsp3) is 1.00. The van der Waals surface area contributed by atoms with Gasteiger partial charge in [0.25, 0.3) is 0 Å². The predicted molar refractivity (Wildman–Crippen MR) is 46.1 cm³/mol. The molecule has 0 saturated carbocycles. The second kappa shape index (κ2) is 4.34. The molecule has 1 aliphatic rings. The third-order valence-electron chi connectivity index (χ3n) is 2.40. The highest BCUT2D eigenvalue weighted by atomic mass is 16.7. The fourth-order valence-electron chi connectivity index (χ4n) is 1.69. The zero-order valence-electron chi connectivity index (χ0n) is 8.14. The van der Waals surface area contributed by atoms with Gasteiger partial charge in [-0.15, -0.1) is 0 Å². The maximum Gasteiger partial charge on any atom is 0.183 e. The number of hydrogen-bond donors (Lipinski definition) is 2. The summed E-state index contributed by atoms with van der Waals surface area (Å²) in [7, 11) is 3.05. The largest absolute Gasteiger partial charge is 0.377 e. The minimum atomic E-state index is -0.971. The average molecular weight is 191 g/mol. The summed E-state index contributed by atoms with van der Waals surface area (Å²) in [4.78, 5) is 0. The molecule has 0 aromatic carbocycles. The molecule has 0 aromatic heterocycles. The van der Waals surface area contributed by atoms with Crippen molar-refractivity contribution in [2.45, 2.75) is 37.6 Å². The second-order valence-electron chi connectivity index (χ2n) is 3.21. The third-order valence-corrected chi connectivity index (χ3v) is 2.40. The average Bonchev–Trinajstić information content (AvgIpc) is 2.04. The summed E-state index contributed by atoms with van der Waals surface area (Å²) in [5.41, 5.74) is 5.84. The van der Waals surface area contributed by atoms with E-state index in [4.69, 9.17) is 19.9 Å². The van der Waals surface area contributed by atoms with E-state index >= 15 is 0 Å². The van der Waals surface area contributed by atoms with Crippen LogP contribution in [-0.4, -0.2) is 50.0 Å². The van der Waals surface area contributed by atoms with Crippen molar-refractivity contribution < 1.29 is 19.3 Å². The van der Waals surface area contributed by atoms with Gasteiger partial charge in [-0.1, -0.05) is 0 Å².